The maximum atomic E-state index is 13.8. The third kappa shape index (κ3) is 2.91. The average Bonchev–Trinajstić information content (AvgIpc) is 3.35. The molecule has 1 fully saturated rings. The Balaban J connectivity index is 1.64. The number of hydrogen-bond acceptors (Lipinski definition) is 5. The molecule has 1 saturated heterocycles. The second-order valence-corrected chi connectivity index (χ2v) is 8.04. The molecule has 2 aromatic carbocycles. The molecule has 0 bridgehead atoms. The predicted octanol–water partition coefficient (Wildman–Crippen LogP) is 2.93. The van der Waals surface area contributed by atoms with Crippen LogP contribution in [0.25, 0.3) is 33.3 Å². The second-order valence-electron chi connectivity index (χ2n) is 8.04. The second kappa shape index (κ2) is 6.84. The smallest absolute Gasteiger partial charge is 0.261 e. The van der Waals surface area contributed by atoms with Gasteiger partial charge in [-0.15, -0.1) is 0 Å². The van der Waals surface area contributed by atoms with Gasteiger partial charge in [0, 0.05) is 24.5 Å². The van der Waals surface area contributed by atoms with Gasteiger partial charge in [0.2, 0.25) is 0 Å². The summed E-state index contributed by atoms with van der Waals surface area (Å²) in [5.74, 6) is -0.0331. The van der Waals surface area contributed by atoms with Crippen molar-refractivity contribution in [3.8, 4) is 11.4 Å². The summed E-state index contributed by atoms with van der Waals surface area (Å²) in [6, 6.07) is 10.6. The minimum absolute atomic E-state index is 0.211. The van der Waals surface area contributed by atoms with E-state index < -0.39 is 5.82 Å². The number of halogens is 1. The maximum absolute atomic E-state index is 13.8. The van der Waals surface area contributed by atoms with Crippen LogP contribution in [0.4, 0.5) is 15.8 Å². The highest BCUT2D eigenvalue weighted by Gasteiger charge is 2.26. The van der Waals surface area contributed by atoms with Gasteiger partial charge in [-0.25, -0.2) is 9.37 Å². The first-order chi connectivity index (χ1) is 14.4. The highest BCUT2D eigenvalue weighted by molar-refractivity contribution is 5.99. The van der Waals surface area contributed by atoms with E-state index in [2.05, 4.69) is 33.9 Å². The zero-order valence-corrected chi connectivity index (χ0v) is 16.9. The van der Waals surface area contributed by atoms with Crippen molar-refractivity contribution in [1.82, 2.24) is 19.9 Å². The van der Waals surface area contributed by atoms with Crippen LogP contribution in [0, 0.1) is 5.82 Å². The summed E-state index contributed by atoms with van der Waals surface area (Å²) in [5.41, 5.74) is 9.51. The number of rotatable bonds is 3. The number of H-pyrrole nitrogens is 2. The molecule has 0 saturated carbocycles. The minimum atomic E-state index is -0.413. The Morgan fingerprint density at radius 3 is 2.80 bits per heavy atom. The van der Waals surface area contributed by atoms with Crippen LogP contribution < -0.4 is 16.2 Å². The molecule has 1 unspecified atom stereocenters. The fourth-order valence-electron chi connectivity index (χ4n) is 4.30. The Hall–Kier alpha value is -3.39. The summed E-state index contributed by atoms with van der Waals surface area (Å²) in [6.45, 7) is 1.87. The van der Waals surface area contributed by atoms with Crippen LogP contribution in [0.1, 0.15) is 6.42 Å². The Kier molecular flexibility index (Phi) is 4.25. The summed E-state index contributed by atoms with van der Waals surface area (Å²) in [4.78, 5) is 28.1. The van der Waals surface area contributed by atoms with Crippen LogP contribution in [-0.4, -0.2) is 53.1 Å². The van der Waals surface area contributed by atoms with Crippen molar-refractivity contribution in [2.45, 2.75) is 12.5 Å². The predicted molar refractivity (Wildman–Crippen MR) is 118 cm³/mol. The van der Waals surface area contributed by atoms with Gasteiger partial charge in [-0.2, -0.15) is 0 Å². The number of likely N-dealkylation sites (N-methyl/N-ethyl adjacent to an activating group) is 1. The standard InChI is InChI=1S/C22H23FN6O/c1-28(2)13-8-9-29(11-13)17-5-3-4-16-20(17)27-21(25-16)18-19(24)14-10-12(23)6-7-15(14)26-22(18)30/h3-7,10,13H,8-9,11H2,1-2H3,(H,25,27)(H3,24,26,30). The molecule has 7 nitrogen and oxygen atoms in total. The van der Waals surface area contributed by atoms with E-state index >= 15 is 0 Å². The number of pyridine rings is 1. The number of para-hydroxylation sites is 1. The number of anilines is 2. The van der Waals surface area contributed by atoms with Gasteiger partial charge in [-0.05, 0) is 50.8 Å². The zero-order valence-electron chi connectivity index (χ0n) is 16.9. The van der Waals surface area contributed by atoms with Crippen molar-refractivity contribution in [2.24, 2.45) is 0 Å². The zero-order chi connectivity index (χ0) is 21.0. The molecule has 0 radical (unpaired) electrons. The number of aromatic nitrogens is 3. The van der Waals surface area contributed by atoms with Gasteiger partial charge in [-0.1, -0.05) is 6.07 Å². The first kappa shape index (κ1) is 18.6. The molecule has 1 aliphatic heterocycles. The third-order valence-electron chi connectivity index (χ3n) is 5.98. The monoisotopic (exact) mass is 406 g/mol. The van der Waals surface area contributed by atoms with Crippen molar-refractivity contribution in [2.75, 3.05) is 37.8 Å². The topological polar surface area (TPSA) is 94.0 Å². The molecule has 1 aliphatic rings. The minimum Gasteiger partial charge on any atom is -0.397 e. The number of nitrogen functional groups attached to an aromatic ring is 1. The SMILES string of the molecule is CN(C)C1CCN(c2cccc3[nH]c(-c4c(N)c5cc(F)ccc5[nH]c4=O)nc23)C1. The van der Waals surface area contributed by atoms with E-state index in [0.717, 1.165) is 36.2 Å². The van der Waals surface area contributed by atoms with Gasteiger partial charge in [0.1, 0.15) is 22.7 Å². The molecule has 1 atom stereocenters. The van der Waals surface area contributed by atoms with Crippen LogP contribution in [0.5, 0.6) is 0 Å². The summed E-state index contributed by atoms with van der Waals surface area (Å²) in [5, 5.41) is 0.457. The number of fused-ring (bicyclic) bond motifs is 2. The lowest BCUT2D eigenvalue weighted by molar-refractivity contribution is 0.315. The van der Waals surface area contributed by atoms with Gasteiger partial charge >= 0.3 is 0 Å². The number of imidazole rings is 1. The summed E-state index contributed by atoms with van der Waals surface area (Å²) < 4.78 is 13.8. The normalized spacial score (nSPS) is 16.9. The Labute approximate surface area is 172 Å². The molecule has 30 heavy (non-hydrogen) atoms. The van der Waals surface area contributed by atoms with Gasteiger partial charge in [0.05, 0.1) is 22.4 Å². The molecular formula is C22H23FN6O. The van der Waals surface area contributed by atoms with E-state index in [9.17, 15) is 9.18 Å². The first-order valence-corrected chi connectivity index (χ1v) is 9.94. The molecule has 154 valence electrons. The van der Waals surface area contributed by atoms with Gasteiger partial charge in [-0.3, -0.25) is 4.79 Å². The molecule has 3 heterocycles. The first-order valence-electron chi connectivity index (χ1n) is 9.94. The molecular weight excluding hydrogens is 383 g/mol. The summed E-state index contributed by atoms with van der Waals surface area (Å²) >= 11 is 0. The lowest BCUT2D eigenvalue weighted by Gasteiger charge is -2.22. The van der Waals surface area contributed by atoms with Gasteiger partial charge < -0.3 is 25.5 Å². The van der Waals surface area contributed by atoms with E-state index in [1.165, 1.54) is 18.2 Å². The van der Waals surface area contributed by atoms with E-state index in [4.69, 9.17) is 10.7 Å². The highest BCUT2D eigenvalue weighted by Crippen LogP contribution is 2.33. The van der Waals surface area contributed by atoms with E-state index in [1.54, 1.807) is 0 Å². The van der Waals surface area contributed by atoms with Crippen LogP contribution in [0.15, 0.2) is 41.2 Å². The number of nitrogens with two attached hydrogens (primary N) is 1. The highest BCUT2D eigenvalue weighted by atomic mass is 19.1. The van der Waals surface area contributed by atoms with Crippen molar-refractivity contribution in [3.05, 3.63) is 52.6 Å². The Bertz CT molecular complexity index is 1320. The average molecular weight is 406 g/mol. The summed E-state index contributed by atoms with van der Waals surface area (Å²) in [7, 11) is 4.19. The number of nitrogens with one attached hydrogen (secondary N) is 2. The number of benzene rings is 2. The van der Waals surface area contributed by atoms with Crippen LogP contribution in [0.2, 0.25) is 0 Å². The molecule has 0 spiro atoms. The lowest BCUT2D eigenvalue weighted by Crippen LogP contribution is -2.31. The molecule has 4 N–H and O–H groups in total. The summed E-state index contributed by atoms with van der Waals surface area (Å²) in [6.07, 6.45) is 1.09. The van der Waals surface area contributed by atoms with E-state index in [1.807, 2.05) is 18.2 Å². The molecule has 2 aromatic heterocycles. The molecule has 8 heteroatoms. The van der Waals surface area contributed by atoms with Crippen molar-refractivity contribution in [3.63, 3.8) is 0 Å². The maximum Gasteiger partial charge on any atom is 0.261 e. The number of aromatic amines is 2. The molecule has 0 amide bonds. The largest absolute Gasteiger partial charge is 0.397 e. The quantitative estimate of drug-likeness (QED) is 0.486. The molecule has 5 rings (SSSR count). The van der Waals surface area contributed by atoms with Crippen molar-refractivity contribution >= 4 is 33.3 Å². The van der Waals surface area contributed by atoms with E-state index in [-0.39, 0.29) is 16.8 Å². The van der Waals surface area contributed by atoms with Gasteiger partial charge in [0.25, 0.3) is 5.56 Å². The molecule has 0 aliphatic carbocycles. The van der Waals surface area contributed by atoms with Crippen molar-refractivity contribution in [1.29, 1.82) is 0 Å². The Morgan fingerprint density at radius 1 is 1.20 bits per heavy atom. The van der Waals surface area contributed by atoms with Crippen LogP contribution >= 0.6 is 0 Å². The molecule has 4 aromatic rings. The fourth-order valence-corrected chi connectivity index (χ4v) is 4.30. The number of nitrogens with zero attached hydrogens (tertiary/aromatic N) is 3. The fraction of sp³-hybridized carbons (Fsp3) is 0.273. The van der Waals surface area contributed by atoms with Crippen LogP contribution in [0.3, 0.4) is 0 Å². The third-order valence-corrected chi connectivity index (χ3v) is 5.98. The van der Waals surface area contributed by atoms with Crippen molar-refractivity contribution < 1.29 is 4.39 Å². The van der Waals surface area contributed by atoms with Gasteiger partial charge in [0.15, 0.2) is 0 Å². The van der Waals surface area contributed by atoms with Crippen LogP contribution in [-0.2, 0) is 0 Å². The van der Waals surface area contributed by atoms with E-state index in [0.29, 0.717) is 22.8 Å². The lowest BCUT2D eigenvalue weighted by atomic mass is 10.1. The Morgan fingerprint density at radius 2 is 2.03 bits per heavy atom. The number of hydrogen-bond donors (Lipinski definition) is 3.